The Morgan fingerprint density at radius 3 is 2.27 bits per heavy atom. The third-order valence-corrected chi connectivity index (χ3v) is 3.95. The zero-order valence-electron chi connectivity index (χ0n) is 12.9. The SMILES string of the molecule is CCCC(CCC)N=CC(C#N)C(=O)c1c(Cl)cccc1Cl. The van der Waals surface area contributed by atoms with Gasteiger partial charge in [0.15, 0.2) is 5.78 Å². The van der Waals surface area contributed by atoms with E-state index in [1.54, 1.807) is 18.2 Å². The number of carbonyl (C=O) groups excluding carboxylic acids is 1. The highest BCUT2D eigenvalue weighted by molar-refractivity contribution is 6.40. The van der Waals surface area contributed by atoms with E-state index < -0.39 is 11.7 Å². The Bertz CT molecular complexity index is 552. The number of carbonyl (C=O) groups is 1. The minimum Gasteiger partial charge on any atom is -0.292 e. The quantitative estimate of drug-likeness (QED) is 0.473. The average Bonchev–Trinajstić information content (AvgIpc) is 2.48. The molecule has 3 nitrogen and oxygen atoms in total. The van der Waals surface area contributed by atoms with Crippen LogP contribution in [-0.2, 0) is 0 Å². The molecule has 0 N–H and O–H groups in total. The fourth-order valence-corrected chi connectivity index (χ4v) is 2.80. The van der Waals surface area contributed by atoms with Crippen LogP contribution in [0.5, 0.6) is 0 Å². The van der Waals surface area contributed by atoms with Crippen LogP contribution in [0.25, 0.3) is 0 Å². The molecular formula is C17H20Cl2N2O. The van der Waals surface area contributed by atoms with Crippen LogP contribution in [-0.4, -0.2) is 18.0 Å². The van der Waals surface area contributed by atoms with Gasteiger partial charge in [0.2, 0.25) is 0 Å². The number of benzene rings is 1. The first-order valence-electron chi connectivity index (χ1n) is 7.46. The van der Waals surface area contributed by atoms with Crippen molar-refractivity contribution in [3.05, 3.63) is 33.8 Å². The average molecular weight is 339 g/mol. The molecule has 5 heteroatoms. The topological polar surface area (TPSA) is 53.2 Å². The number of hydrogen-bond donors (Lipinski definition) is 0. The Morgan fingerprint density at radius 1 is 1.27 bits per heavy atom. The summed E-state index contributed by atoms with van der Waals surface area (Å²) in [5.74, 6) is -1.37. The molecule has 0 aliphatic rings. The highest BCUT2D eigenvalue weighted by atomic mass is 35.5. The second kappa shape index (κ2) is 9.61. The Balaban J connectivity index is 2.96. The Labute approximate surface area is 142 Å². The first-order valence-corrected chi connectivity index (χ1v) is 8.21. The molecule has 22 heavy (non-hydrogen) atoms. The summed E-state index contributed by atoms with van der Waals surface area (Å²) < 4.78 is 0. The number of aliphatic imine (C=N–C) groups is 1. The molecule has 0 saturated heterocycles. The van der Waals surface area contributed by atoms with E-state index >= 15 is 0 Å². The van der Waals surface area contributed by atoms with Crippen LogP contribution in [0.3, 0.4) is 0 Å². The van der Waals surface area contributed by atoms with Gasteiger partial charge in [-0.1, -0.05) is 56.0 Å². The fraction of sp³-hybridized carbons (Fsp3) is 0.471. The van der Waals surface area contributed by atoms with E-state index in [1.807, 2.05) is 6.07 Å². The highest BCUT2D eigenvalue weighted by Crippen LogP contribution is 2.26. The molecule has 0 radical (unpaired) electrons. The van der Waals surface area contributed by atoms with Crippen molar-refractivity contribution in [2.45, 2.75) is 45.6 Å². The third-order valence-electron chi connectivity index (χ3n) is 3.32. The van der Waals surface area contributed by atoms with Crippen LogP contribution in [0.1, 0.15) is 49.9 Å². The predicted octanol–water partition coefficient (Wildman–Crippen LogP) is 5.36. The zero-order chi connectivity index (χ0) is 16.5. The van der Waals surface area contributed by atoms with Gasteiger partial charge in [0.1, 0.15) is 5.92 Å². The molecule has 0 bridgehead atoms. The molecule has 0 aliphatic carbocycles. The van der Waals surface area contributed by atoms with Crippen LogP contribution >= 0.6 is 23.2 Å². The number of Topliss-reactive ketones (excluding diaryl/α,β-unsaturated/α-hetero) is 1. The summed E-state index contributed by atoms with van der Waals surface area (Å²) in [4.78, 5) is 16.9. The standard InChI is InChI=1S/C17H20Cl2N2O/c1-3-6-13(7-4-2)21-11-12(10-20)17(22)16-14(18)8-5-9-15(16)19/h5,8-9,11-13H,3-4,6-7H2,1-2H3. The molecule has 0 amide bonds. The molecule has 0 aromatic heterocycles. The first-order chi connectivity index (χ1) is 10.5. The normalized spacial score (nSPS) is 12.5. The van der Waals surface area contributed by atoms with E-state index in [1.165, 1.54) is 6.21 Å². The van der Waals surface area contributed by atoms with Crippen molar-refractivity contribution < 1.29 is 4.79 Å². The van der Waals surface area contributed by atoms with Crippen LogP contribution in [0.2, 0.25) is 10.0 Å². The van der Waals surface area contributed by atoms with Crippen LogP contribution in [0.4, 0.5) is 0 Å². The van der Waals surface area contributed by atoms with Crippen molar-refractivity contribution in [1.29, 1.82) is 5.26 Å². The van der Waals surface area contributed by atoms with Gasteiger partial charge in [0.05, 0.1) is 21.7 Å². The molecule has 0 fully saturated rings. The van der Waals surface area contributed by atoms with Crippen LogP contribution in [0, 0.1) is 17.2 Å². The lowest BCUT2D eigenvalue weighted by atomic mass is 9.99. The Kier molecular flexibility index (Phi) is 8.16. The maximum atomic E-state index is 12.5. The van der Waals surface area contributed by atoms with Gasteiger partial charge >= 0.3 is 0 Å². The fourth-order valence-electron chi connectivity index (χ4n) is 2.22. The minimum absolute atomic E-state index is 0.153. The summed E-state index contributed by atoms with van der Waals surface area (Å²) in [5, 5.41) is 9.77. The summed E-state index contributed by atoms with van der Waals surface area (Å²) in [6, 6.07) is 6.97. The summed E-state index contributed by atoms with van der Waals surface area (Å²) in [5.41, 5.74) is 0.186. The number of nitrogens with zero attached hydrogens (tertiary/aromatic N) is 2. The monoisotopic (exact) mass is 338 g/mol. The van der Waals surface area contributed by atoms with Crippen molar-refractivity contribution in [1.82, 2.24) is 0 Å². The number of nitriles is 1. The van der Waals surface area contributed by atoms with E-state index in [0.29, 0.717) is 0 Å². The van der Waals surface area contributed by atoms with E-state index in [-0.39, 0.29) is 21.7 Å². The van der Waals surface area contributed by atoms with Gasteiger partial charge in [-0.15, -0.1) is 0 Å². The van der Waals surface area contributed by atoms with Crippen molar-refractivity contribution >= 4 is 35.2 Å². The second-order valence-corrected chi connectivity index (χ2v) is 5.91. The van der Waals surface area contributed by atoms with E-state index in [0.717, 1.165) is 25.7 Å². The van der Waals surface area contributed by atoms with Crippen molar-refractivity contribution in [2.75, 3.05) is 0 Å². The number of ketones is 1. The van der Waals surface area contributed by atoms with Crippen LogP contribution in [0.15, 0.2) is 23.2 Å². The van der Waals surface area contributed by atoms with Gasteiger partial charge in [-0.2, -0.15) is 5.26 Å². The molecule has 0 aliphatic heterocycles. The van der Waals surface area contributed by atoms with Gasteiger partial charge in [-0.05, 0) is 25.0 Å². The van der Waals surface area contributed by atoms with Crippen molar-refractivity contribution in [3.63, 3.8) is 0 Å². The van der Waals surface area contributed by atoms with Crippen LogP contribution < -0.4 is 0 Å². The van der Waals surface area contributed by atoms with E-state index in [9.17, 15) is 10.1 Å². The van der Waals surface area contributed by atoms with Crippen molar-refractivity contribution in [3.8, 4) is 6.07 Å². The molecule has 1 unspecified atom stereocenters. The van der Waals surface area contributed by atoms with E-state index in [2.05, 4.69) is 18.8 Å². The molecule has 0 heterocycles. The lowest BCUT2D eigenvalue weighted by Gasteiger charge is -2.11. The molecule has 0 spiro atoms. The minimum atomic E-state index is -0.964. The van der Waals surface area contributed by atoms with Gasteiger partial charge in [-0.3, -0.25) is 9.79 Å². The van der Waals surface area contributed by atoms with Gasteiger partial charge in [0, 0.05) is 12.3 Å². The molecule has 1 aromatic rings. The number of hydrogen-bond acceptors (Lipinski definition) is 3. The summed E-state index contributed by atoms with van der Waals surface area (Å²) in [6.45, 7) is 4.18. The number of halogens is 2. The van der Waals surface area contributed by atoms with Crippen molar-refractivity contribution in [2.24, 2.45) is 10.9 Å². The third kappa shape index (κ3) is 5.12. The molecular weight excluding hydrogens is 319 g/mol. The zero-order valence-corrected chi connectivity index (χ0v) is 14.4. The molecule has 1 aromatic carbocycles. The predicted molar refractivity (Wildman–Crippen MR) is 92.0 cm³/mol. The lowest BCUT2D eigenvalue weighted by molar-refractivity contribution is 0.0977. The Hall–Kier alpha value is -1.37. The molecule has 1 rings (SSSR count). The smallest absolute Gasteiger partial charge is 0.188 e. The largest absolute Gasteiger partial charge is 0.292 e. The summed E-state index contributed by atoms with van der Waals surface area (Å²) in [6.07, 6.45) is 5.37. The maximum absolute atomic E-state index is 12.5. The molecule has 118 valence electrons. The second-order valence-electron chi connectivity index (χ2n) is 5.10. The van der Waals surface area contributed by atoms with Gasteiger partial charge < -0.3 is 0 Å². The first kappa shape index (κ1) is 18.7. The van der Waals surface area contributed by atoms with E-state index in [4.69, 9.17) is 23.2 Å². The van der Waals surface area contributed by atoms with Gasteiger partial charge in [-0.25, -0.2) is 0 Å². The lowest BCUT2D eigenvalue weighted by Crippen LogP contribution is -2.17. The summed E-state index contributed by atoms with van der Waals surface area (Å²) >= 11 is 12.1. The number of rotatable bonds is 8. The Morgan fingerprint density at radius 2 is 1.82 bits per heavy atom. The molecule has 0 saturated carbocycles. The highest BCUT2D eigenvalue weighted by Gasteiger charge is 2.23. The maximum Gasteiger partial charge on any atom is 0.188 e. The van der Waals surface area contributed by atoms with Gasteiger partial charge in [0.25, 0.3) is 0 Å². The molecule has 1 atom stereocenters. The summed E-state index contributed by atoms with van der Waals surface area (Å²) in [7, 11) is 0.